The van der Waals surface area contributed by atoms with Gasteiger partial charge in [0.1, 0.15) is 17.5 Å². The van der Waals surface area contributed by atoms with Crippen LogP contribution in [0.1, 0.15) is 33.1 Å². The van der Waals surface area contributed by atoms with E-state index in [2.05, 4.69) is 0 Å². The third kappa shape index (κ3) is 1.35. The van der Waals surface area contributed by atoms with Crippen LogP contribution in [-0.2, 0) is 19.0 Å². The summed E-state index contributed by atoms with van der Waals surface area (Å²) < 4.78 is 16.8. The molecule has 3 rings (SSSR count). The molecule has 0 aromatic carbocycles. The standard InChI is InChI=1S/C11H16O5/c1-10(2)15-8-9(16-10)14-7-4-3-6(12)5-11(7,8)13/h7-9,13H,3-5H2,1-2H3/t7-,8+,9-,11+/m0/s1. The van der Waals surface area contributed by atoms with E-state index >= 15 is 0 Å². The van der Waals surface area contributed by atoms with Crippen molar-refractivity contribution in [3.63, 3.8) is 0 Å². The molecule has 3 fully saturated rings. The van der Waals surface area contributed by atoms with Gasteiger partial charge in [-0.3, -0.25) is 4.79 Å². The predicted molar refractivity (Wildman–Crippen MR) is 52.5 cm³/mol. The molecule has 16 heavy (non-hydrogen) atoms. The molecule has 5 heteroatoms. The number of ether oxygens (including phenoxy) is 3. The van der Waals surface area contributed by atoms with Crippen LogP contribution in [0.25, 0.3) is 0 Å². The molecule has 90 valence electrons. The van der Waals surface area contributed by atoms with Crippen molar-refractivity contribution >= 4 is 5.78 Å². The van der Waals surface area contributed by atoms with Crippen molar-refractivity contribution in [2.75, 3.05) is 0 Å². The molecule has 1 N–H and O–H groups in total. The van der Waals surface area contributed by atoms with E-state index < -0.39 is 23.8 Å². The zero-order valence-electron chi connectivity index (χ0n) is 9.43. The SMILES string of the molecule is CC1(C)O[C@@H]2O[C@H]3CCC(=O)C[C@]3(O)[C@@H]2O1. The van der Waals surface area contributed by atoms with Crippen LogP contribution in [0.3, 0.4) is 0 Å². The average Bonchev–Trinajstić information content (AvgIpc) is 2.57. The maximum atomic E-state index is 11.4. The molecule has 0 radical (unpaired) electrons. The van der Waals surface area contributed by atoms with Crippen molar-refractivity contribution < 1.29 is 24.1 Å². The third-order valence-electron chi connectivity index (χ3n) is 3.57. The molecular weight excluding hydrogens is 212 g/mol. The van der Waals surface area contributed by atoms with Crippen molar-refractivity contribution in [3.05, 3.63) is 0 Å². The summed E-state index contributed by atoms with van der Waals surface area (Å²) in [5.74, 6) is -0.687. The van der Waals surface area contributed by atoms with Gasteiger partial charge < -0.3 is 19.3 Å². The lowest BCUT2D eigenvalue weighted by molar-refractivity contribution is -0.233. The molecule has 0 spiro atoms. The second kappa shape index (κ2) is 3.04. The quantitative estimate of drug-likeness (QED) is 0.648. The van der Waals surface area contributed by atoms with Gasteiger partial charge >= 0.3 is 0 Å². The fourth-order valence-corrected chi connectivity index (χ4v) is 2.86. The van der Waals surface area contributed by atoms with Gasteiger partial charge in [-0.15, -0.1) is 0 Å². The fraction of sp³-hybridized carbons (Fsp3) is 0.909. The highest BCUT2D eigenvalue weighted by Gasteiger charge is 2.64. The van der Waals surface area contributed by atoms with Crippen LogP contribution in [0.15, 0.2) is 0 Å². The second-order valence-electron chi connectivity index (χ2n) is 5.29. The summed E-state index contributed by atoms with van der Waals surface area (Å²) >= 11 is 0. The zero-order chi connectivity index (χ0) is 11.6. The van der Waals surface area contributed by atoms with Gasteiger partial charge in [-0.1, -0.05) is 0 Å². The Labute approximate surface area is 93.7 Å². The first-order valence-corrected chi connectivity index (χ1v) is 5.66. The zero-order valence-corrected chi connectivity index (χ0v) is 9.43. The van der Waals surface area contributed by atoms with Crippen LogP contribution in [-0.4, -0.2) is 40.8 Å². The molecule has 3 aliphatic rings. The van der Waals surface area contributed by atoms with E-state index in [9.17, 15) is 9.90 Å². The van der Waals surface area contributed by atoms with E-state index in [-0.39, 0.29) is 18.3 Å². The number of ketones is 1. The molecule has 5 nitrogen and oxygen atoms in total. The molecule has 1 aliphatic carbocycles. The van der Waals surface area contributed by atoms with Gasteiger partial charge in [0.25, 0.3) is 0 Å². The number of rotatable bonds is 0. The minimum Gasteiger partial charge on any atom is -0.384 e. The minimum absolute atomic E-state index is 0.0660. The van der Waals surface area contributed by atoms with E-state index in [1.165, 1.54) is 0 Å². The van der Waals surface area contributed by atoms with Crippen molar-refractivity contribution in [1.29, 1.82) is 0 Å². The Balaban J connectivity index is 1.89. The smallest absolute Gasteiger partial charge is 0.190 e. The summed E-state index contributed by atoms with van der Waals surface area (Å²) in [4.78, 5) is 11.4. The number of aliphatic hydroxyl groups is 1. The fourth-order valence-electron chi connectivity index (χ4n) is 2.86. The Morgan fingerprint density at radius 3 is 2.88 bits per heavy atom. The highest BCUT2D eigenvalue weighted by atomic mass is 16.8. The topological polar surface area (TPSA) is 65.0 Å². The van der Waals surface area contributed by atoms with Crippen LogP contribution in [0.4, 0.5) is 0 Å². The molecule has 1 saturated carbocycles. The number of fused-ring (bicyclic) bond motifs is 3. The Kier molecular flexibility index (Phi) is 2.02. The van der Waals surface area contributed by atoms with E-state index in [4.69, 9.17) is 14.2 Å². The molecular formula is C11H16O5. The summed E-state index contributed by atoms with van der Waals surface area (Å²) in [6, 6.07) is 0. The Bertz CT molecular complexity index is 339. The average molecular weight is 228 g/mol. The molecule has 2 aliphatic heterocycles. The van der Waals surface area contributed by atoms with Gasteiger partial charge in [0.05, 0.1) is 6.10 Å². The molecule has 0 unspecified atom stereocenters. The van der Waals surface area contributed by atoms with E-state index in [1.807, 2.05) is 0 Å². The van der Waals surface area contributed by atoms with Gasteiger partial charge in [0.2, 0.25) is 0 Å². The summed E-state index contributed by atoms with van der Waals surface area (Å²) in [5, 5.41) is 10.5. The van der Waals surface area contributed by atoms with Gasteiger partial charge in [-0.25, -0.2) is 0 Å². The molecule has 4 atom stereocenters. The van der Waals surface area contributed by atoms with Crippen LogP contribution < -0.4 is 0 Å². The number of hydrogen-bond acceptors (Lipinski definition) is 5. The highest BCUT2D eigenvalue weighted by molar-refractivity contribution is 5.81. The van der Waals surface area contributed by atoms with Crippen LogP contribution in [0.5, 0.6) is 0 Å². The second-order valence-corrected chi connectivity index (χ2v) is 5.29. The Morgan fingerprint density at radius 1 is 1.38 bits per heavy atom. The maximum Gasteiger partial charge on any atom is 0.190 e. The Hall–Kier alpha value is -0.490. The Morgan fingerprint density at radius 2 is 2.12 bits per heavy atom. The van der Waals surface area contributed by atoms with E-state index in [0.29, 0.717) is 12.8 Å². The normalized spacial score (nSPS) is 50.2. The van der Waals surface area contributed by atoms with E-state index in [0.717, 1.165) is 0 Å². The number of Topliss-reactive ketones (excluding diaryl/α,β-unsaturated/α-hetero) is 1. The van der Waals surface area contributed by atoms with Crippen molar-refractivity contribution in [2.45, 2.75) is 63.0 Å². The molecule has 2 saturated heterocycles. The monoisotopic (exact) mass is 228 g/mol. The number of hydrogen-bond donors (Lipinski definition) is 1. The lowest BCUT2D eigenvalue weighted by atomic mass is 9.79. The molecule has 2 heterocycles. The first-order valence-electron chi connectivity index (χ1n) is 5.66. The van der Waals surface area contributed by atoms with Gasteiger partial charge in [-0.05, 0) is 20.3 Å². The first-order chi connectivity index (χ1) is 7.41. The van der Waals surface area contributed by atoms with Gasteiger partial charge in [0, 0.05) is 12.8 Å². The van der Waals surface area contributed by atoms with Crippen LogP contribution >= 0.6 is 0 Å². The van der Waals surface area contributed by atoms with Crippen molar-refractivity contribution in [2.24, 2.45) is 0 Å². The molecule has 0 aromatic rings. The molecule has 0 aromatic heterocycles. The first kappa shape index (κ1) is 10.7. The van der Waals surface area contributed by atoms with Gasteiger partial charge in [0.15, 0.2) is 12.1 Å². The lowest BCUT2D eigenvalue weighted by Crippen LogP contribution is -2.52. The molecule has 0 amide bonds. The van der Waals surface area contributed by atoms with E-state index in [1.54, 1.807) is 13.8 Å². The summed E-state index contributed by atoms with van der Waals surface area (Å²) in [7, 11) is 0. The third-order valence-corrected chi connectivity index (χ3v) is 3.57. The van der Waals surface area contributed by atoms with Crippen molar-refractivity contribution in [1.82, 2.24) is 0 Å². The predicted octanol–water partition coefficient (Wildman–Crippen LogP) is 0.347. The number of carbonyl (C=O) groups excluding carboxylic acids is 1. The summed E-state index contributed by atoms with van der Waals surface area (Å²) in [6.07, 6.45) is -0.298. The summed E-state index contributed by atoms with van der Waals surface area (Å²) in [5.41, 5.74) is -1.20. The number of carbonyl (C=O) groups is 1. The van der Waals surface area contributed by atoms with Crippen LogP contribution in [0.2, 0.25) is 0 Å². The van der Waals surface area contributed by atoms with Gasteiger partial charge in [-0.2, -0.15) is 0 Å². The highest BCUT2D eigenvalue weighted by Crippen LogP contribution is 2.47. The minimum atomic E-state index is -1.20. The lowest BCUT2D eigenvalue weighted by Gasteiger charge is -2.36. The largest absolute Gasteiger partial charge is 0.384 e. The van der Waals surface area contributed by atoms with Crippen molar-refractivity contribution in [3.8, 4) is 0 Å². The molecule has 0 bridgehead atoms. The maximum absolute atomic E-state index is 11.4. The summed E-state index contributed by atoms with van der Waals surface area (Å²) in [6.45, 7) is 3.55. The van der Waals surface area contributed by atoms with Crippen LogP contribution in [0, 0.1) is 0 Å².